The van der Waals surface area contributed by atoms with Crippen LogP contribution in [-0.2, 0) is 11.3 Å². The molecule has 4 rings (SSSR count). The average Bonchev–Trinajstić information content (AvgIpc) is 2.92. The predicted molar refractivity (Wildman–Crippen MR) is 146 cm³/mol. The molecule has 0 saturated carbocycles. The van der Waals surface area contributed by atoms with Crippen molar-refractivity contribution in [1.82, 2.24) is 14.8 Å². The summed E-state index contributed by atoms with van der Waals surface area (Å²) in [4.78, 5) is 32.5. The highest BCUT2D eigenvalue weighted by Gasteiger charge is 2.28. The van der Waals surface area contributed by atoms with E-state index in [1.165, 1.54) is 0 Å². The van der Waals surface area contributed by atoms with E-state index in [-0.39, 0.29) is 11.8 Å². The van der Waals surface area contributed by atoms with Crippen LogP contribution >= 0.6 is 11.6 Å². The average molecular weight is 545 g/mol. The quantitative estimate of drug-likeness (QED) is 0.449. The number of ether oxygens (including phenoxy) is 2. The number of nitrogens with zero attached hydrogens (tertiary/aromatic N) is 3. The molecular weight excluding hydrogens is 508 g/mol. The highest BCUT2D eigenvalue weighted by Crippen LogP contribution is 2.36. The third-order valence-corrected chi connectivity index (χ3v) is 7.53. The normalized spacial score (nSPS) is 17.3. The van der Waals surface area contributed by atoms with Crippen molar-refractivity contribution in [3.63, 3.8) is 0 Å². The SMILES string of the molecule is CCOc1cc(CN2CCC(Nc3ccc(C(=O)N4CCC(C(=O)O)CC4)cn3)CC2)cc(OCC)c1Cl. The van der Waals surface area contributed by atoms with E-state index in [1.54, 1.807) is 17.2 Å². The number of hydrogen-bond donors (Lipinski definition) is 2. The van der Waals surface area contributed by atoms with Crippen molar-refractivity contribution in [3.05, 3.63) is 46.6 Å². The zero-order chi connectivity index (χ0) is 27.1. The van der Waals surface area contributed by atoms with Gasteiger partial charge >= 0.3 is 5.97 Å². The standard InChI is InChI=1S/C28H37ClN4O5/c1-3-37-23-15-19(16-24(26(23)29)38-4-2)18-32-11-9-22(10-12-32)31-25-6-5-21(17-30-25)27(34)33-13-7-20(8-14-33)28(35)36/h5-6,15-17,20,22H,3-4,7-14,18H2,1-2H3,(H,30,31)(H,35,36). The lowest BCUT2D eigenvalue weighted by atomic mass is 9.97. The maximum Gasteiger partial charge on any atom is 0.306 e. The molecule has 0 spiro atoms. The molecule has 1 aromatic heterocycles. The third-order valence-electron chi connectivity index (χ3n) is 7.15. The molecule has 2 aromatic rings. The summed E-state index contributed by atoms with van der Waals surface area (Å²) in [5.41, 5.74) is 1.64. The first kappa shape index (κ1) is 28.0. The van der Waals surface area contributed by atoms with Gasteiger partial charge in [-0.25, -0.2) is 4.98 Å². The van der Waals surface area contributed by atoms with E-state index in [0.29, 0.717) is 67.3 Å². The second kappa shape index (κ2) is 13.2. The first-order chi connectivity index (χ1) is 18.4. The van der Waals surface area contributed by atoms with Gasteiger partial charge in [0.1, 0.15) is 22.3 Å². The fourth-order valence-electron chi connectivity index (χ4n) is 5.06. The minimum Gasteiger partial charge on any atom is -0.492 e. The Morgan fingerprint density at radius 3 is 2.18 bits per heavy atom. The number of benzene rings is 1. The molecule has 0 unspecified atom stereocenters. The number of hydrogen-bond acceptors (Lipinski definition) is 7. The van der Waals surface area contributed by atoms with Crippen LogP contribution in [0.2, 0.25) is 5.02 Å². The molecule has 206 valence electrons. The Balaban J connectivity index is 1.26. The number of rotatable bonds is 10. The molecule has 2 saturated heterocycles. The van der Waals surface area contributed by atoms with Crippen LogP contribution in [0.1, 0.15) is 55.5 Å². The second-order valence-electron chi connectivity index (χ2n) is 9.80. The van der Waals surface area contributed by atoms with Gasteiger partial charge in [-0.2, -0.15) is 0 Å². The Bertz CT molecular complexity index is 1070. The number of halogens is 1. The monoisotopic (exact) mass is 544 g/mol. The van der Waals surface area contributed by atoms with Crippen LogP contribution in [0.25, 0.3) is 0 Å². The van der Waals surface area contributed by atoms with Gasteiger partial charge in [0, 0.05) is 45.0 Å². The summed E-state index contributed by atoms with van der Waals surface area (Å²) in [6.07, 6.45) is 4.55. The minimum absolute atomic E-state index is 0.0941. The number of carboxylic acid groups (broad SMARTS) is 1. The van der Waals surface area contributed by atoms with E-state index < -0.39 is 5.97 Å². The first-order valence-electron chi connectivity index (χ1n) is 13.4. The topological polar surface area (TPSA) is 104 Å². The molecule has 0 radical (unpaired) electrons. The highest BCUT2D eigenvalue weighted by atomic mass is 35.5. The fraction of sp³-hybridized carbons (Fsp3) is 0.536. The van der Waals surface area contributed by atoms with E-state index in [2.05, 4.69) is 15.2 Å². The number of piperidine rings is 2. The van der Waals surface area contributed by atoms with E-state index in [0.717, 1.165) is 43.9 Å². The van der Waals surface area contributed by atoms with Crippen LogP contribution in [0.4, 0.5) is 5.82 Å². The van der Waals surface area contributed by atoms with E-state index in [4.69, 9.17) is 26.2 Å². The lowest BCUT2D eigenvalue weighted by molar-refractivity contribution is -0.143. The predicted octanol–water partition coefficient (Wildman–Crippen LogP) is 4.55. The number of carbonyl (C=O) groups is 2. The van der Waals surface area contributed by atoms with Gasteiger partial charge in [-0.05, 0) is 69.4 Å². The van der Waals surface area contributed by atoms with Crippen molar-refractivity contribution in [2.45, 2.75) is 52.1 Å². The summed E-state index contributed by atoms with van der Waals surface area (Å²) in [6.45, 7) is 8.56. The van der Waals surface area contributed by atoms with Crippen molar-refractivity contribution in [1.29, 1.82) is 0 Å². The number of amides is 1. The molecular formula is C28H37ClN4O5. The summed E-state index contributed by atoms with van der Waals surface area (Å²) in [5.74, 6) is 0.833. The second-order valence-corrected chi connectivity index (χ2v) is 10.2. The third kappa shape index (κ3) is 7.08. The van der Waals surface area contributed by atoms with Crippen LogP contribution < -0.4 is 14.8 Å². The zero-order valence-electron chi connectivity index (χ0n) is 22.1. The molecule has 0 atom stereocenters. The summed E-state index contributed by atoms with van der Waals surface area (Å²) >= 11 is 6.44. The summed E-state index contributed by atoms with van der Waals surface area (Å²) < 4.78 is 11.4. The Morgan fingerprint density at radius 1 is 1.03 bits per heavy atom. The molecule has 2 aliphatic heterocycles. The van der Waals surface area contributed by atoms with Gasteiger partial charge in [0.05, 0.1) is 24.7 Å². The number of carboxylic acids is 1. The highest BCUT2D eigenvalue weighted by molar-refractivity contribution is 6.33. The van der Waals surface area contributed by atoms with E-state index in [1.807, 2.05) is 32.0 Å². The molecule has 38 heavy (non-hydrogen) atoms. The molecule has 9 nitrogen and oxygen atoms in total. The number of aromatic nitrogens is 1. The van der Waals surface area contributed by atoms with Gasteiger partial charge < -0.3 is 24.8 Å². The number of aliphatic carboxylic acids is 1. The van der Waals surface area contributed by atoms with Crippen molar-refractivity contribution < 1.29 is 24.2 Å². The molecule has 2 fully saturated rings. The molecule has 2 N–H and O–H groups in total. The van der Waals surface area contributed by atoms with Crippen molar-refractivity contribution >= 4 is 29.3 Å². The molecule has 2 aliphatic rings. The number of nitrogens with one attached hydrogen (secondary N) is 1. The van der Waals surface area contributed by atoms with Crippen LogP contribution in [0.15, 0.2) is 30.5 Å². The van der Waals surface area contributed by atoms with Crippen molar-refractivity contribution in [2.24, 2.45) is 5.92 Å². The van der Waals surface area contributed by atoms with Gasteiger partial charge in [0.2, 0.25) is 0 Å². The smallest absolute Gasteiger partial charge is 0.306 e. The van der Waals surface area contributed by atoms with Crippen LogP contribution in [-0.4, -0.2) is 77.2 Å². The van der Waals surface area contributed by atoms with Gasteiger partial charge in [-0.1, -0.05) is 11.6 Å². The van der Waals surface area contributed by atoms with Gasteiger partial charge in [-0.15, -0.1) is 0 Å². The number of pyridine rings is 1. The maximum absolute atomic E-state index is 12.8. The number of anilines is 1. The maximum atomic E-state index is 12.8. The zero-order valence-corrected chi connectivity index (χ0v) is 22.9. The van der Waals surface area contributed by atoms with Crippen LogP contribution in [0, 0.1) is 5.92 Å². The molecule has 1 aromatic carbocycles. The molecule has 0 aliphatic carbocycles. The van der Waals surface area contributed by atoms with Crippen molar-refractivity contribution in [3.8, 4) is 11.5 Å². The Morgan fingerprint density at radius 2 is 1.66 bits per heavy atom. The van der Waals surface area contributed by atoms with E-state index >= 15 is 0 Å². The fourth-order valence-corrected chi connectivity index (χ4v) is 5.28. The Hall–Kier alpha value is -3.04. The minimum atomic E-state index is -0.781. The number of likely N-dealkylation sites (tertiary alicyclic amines) is 2. The molecule has 3 heterocycles. The molecule has 10 heteroatoms. The Kier molecular flexibility index (Phi) is 9.69. The summed E-state index contributed by atoms with van der Waals surface area (Å²) in [6, 6.07) is 7.95. The van der Waals surface area contributed by atoms with Gasteiger partial charge in [-0.3, -0.25) is 14.5 Å². The largest absolute Gasteiger partial charge is 0.492 e. The summed E-state index contributed by atoms with van der Waals surface area (Å²) in [7, 11) is 0. The Labute approximate surface area is 229 Å². The molecule has 1 amide bonds. The lowest BCUT2D eigenvalue weighted by Gasteiger charge is -2.33. The van der Waals surface area contributed by atoms with Gasteiger partial charge in [0.25, 0.3) is 5.91 Å². The van der Waals surface area contributed by atoms with Gasteiger partial charge in [0.15, 0.2) is 0 Å². The summed E-state index contributed by atoms with van der Waals surface area (Å²) in [5, 5.41) is 13.2. The van der Waals surface area contributed by atoms with Crippen molar-refractivity contribution in [2.75, 3.05) is 44.7 Å². The lowest BCUT2D eigenvalue weighted by Crippen LogP contribution is -2.40. The first-order valence-corrected chi connectivity index (χ1v) is 13.8. The van der Waals surface area contributed by atoms with E-state index in [9.17, 15) is 9.59 Å². The number of carbonyl (C=O) groups excluding carboxylic acids is 1. The van der Waals surface area contributed by atoms with Crippen LogP contribution in [0.3, 0.4) is 0 Å². The van der Waals surface area contributed by atoms with Crippen LogP contribution in [0.5, 0.6) is 11.5 Å². The molecule has 0 bridgehead atoms.